The Balaban J connectivity index is 4.22. The Labute approximate surface area is 93.9 Å². The monoisotopic (exact) mass is 243 g/mol. The second-order valence-corrected chi connectivity index (χ2v) is 3.70. The van der Waals surface area contributed by atoms with E-state index >= 15 is 0 Å². The third kappa shape index (κ3) is 5.11. The summed E-state index contributed by atoms with van der Waals surface area (Å²) in [6.07, 6.45) is -4.25. The van der Waals surface area contributed by atoms with E-state index in [4.69, 9.17) is 5.73 Å². The zero-order valence-electron chi connectivity index (χ0n) is 9.84. The molecule has 0 aliphatic heterocycles. The van der Waals surface area contributed by atoms with Crippen LogP contribution in [0.5, 0.6) is 0 Å². The number of nitrogens with two attached hydrogens (primary N) is 1. The van der Waals surface area contributed by atoms with Crippen LogP contribution in [0.3, 0.4) is 0 Å². The van der Waals surface area contributed by atoms with Crippen molar-refractivity contribution in [2.45, 2.75) is 19.1 Å². The first-order valence-corrected chi connectivity index (χ1v) is 5.07. The van der Waals surface area contributed by atoms with Crippen LogP contribution in [-0.2, 0) is 4.84 Å². The summed E-state index contributed by atoms with van der Waals surface area (Å²) in [7, 11) is 3.10. The first-order chi connectivity index (χ1) is 7.34. The average Bonchev–Trinajstić information content (AvgIpc) is 2.16. The molecule has 0 aromatic carbocycles. The minimum atomic E-state index is -4.25. The molecular formula is C9H20F3N3O. The van der Waals surface area contributed by atoms with Crippen LogP contribution < -0.4 is 11.2 Å². The van der Waals surface area contributed by atoms with Gasteiger partial charge in [0, 0.05) is 25.7 Å². The molecule has 0 spiro atoms. The molecule has 0 aliphatic rings. The van der Waals surface area contributed by atoms with Gasteiger partial charge >= 0.3 is 6.18 Å². The third-order valence-corrected chi connectivity index (χ3v) is 2.66. The molecule has 0 bridgehead atoms. The van der Waals surface area contributed by atoms with Crippen molar-refractivity contribution in [2.24, 2.45) is 11.7 Å². The Morgan fingerprint density at radius 2 is 2.00 bits per heavy atom. The predicted molar refractivity (Wildman–Crippen MR) is 55.7 cm³/mol. The largest absolute Gasteiger partial charge is 0.394 e. The van der Waals surface area contributed by atoms with Crippen LogP contribution >= 0.6 is 0 Å². The van der Waals surface area contributed by atoms with Crippen molar-refractivity contribution in [3.63, 3.8) is 0 Å². The van der Waals surface area contributed by atoms with Crippen molar-refractivity contribution in [3.05, 3.63) is 0 Å². The minimum absolute atomic E-state index is 0.396. The summed E-state index contributed by atoms with van der Waals surface area (Å²) in [5, 5.41) is 0. The van der Waals surface area contributed by atoms with Crippen molar-refractivity contribution in [2.75, 3.05) is 33.8 Å². The van der Waals surface area contributed by atoms with Gasteiger partial charge in [0.2, 0.25) is 0 Å². The summed E-state index contributed by atoms with van der Waals surface area (Å²) in [6.45, 7) is 2.05. The van der Waals surface area contributed by atoms with E-state index in [1.807, 2.05) is 0 Å². The number of hydrogen-bond donors (Lipinski definition) is 2. The number of nitrogens with zero attached hydrogens (tertiary/aromatic N) is 1. The molecule has 3 N–H and O–H groups in total. The molecule has 7 heteroatoms. The predicted octanol–water partition coefficient (Wildman–Crippen LogP) is 0.595. The Hall–Kier alpha value is -0.370. The lowest BCUT2D eigenvalue weighted by molar-refractivity contribution is -0.186. The summed E-state index contributed by atoms with van der Waals surface area (Å²) < 4.78 is 37.7. The fourth-order valence-electron chi connectivity index (χ4n) is 1.44. The van der Waals surface area contributed by atoms with Gasteiger partial charge in [-0.2, -0.15) is 13.2 Å². The van der Waals surface area contributed by atoms with E-state index < -0.39 is 24.7 Å². The summed E-state index contributed by atoms with van der Waals surface area (Å²) in [4.78, 5) is 6.21. The Morgan fingerprint density at radius 1 is 1.44 bits per heavy atom. The molecule has 0 aromatic rings. The lowest BCUT2D eigenvalue weighted by Gasteiger charge is -2.32. The van der Waals surface area contributed by atoms with Crippen molar-refractivity contribution >= 4 is 0 Å². The van der Waals surface area contributed by atoms with Crippen molar-refractivity contribution in [1.29, 1.82) is 0 Å². The Morgan fingerprint density at radius 3 is 2.38 bits per heavy atom. The number of likely N-dealkylation sites (N-methyl/N-ethyl adjacent to an activating group) is 1. The maximum absolute atomic E-state index is 12.6. The molecule has 0 saturated heterocycles. The number of halogens is 3. The molecule has 0 amide bonds. The van der Waals surface area contributed by atoms with E-state index in [2.05, 4.69) is 10.3 Å². The highest BCUT2D eigenvalue weighted by Crippen LogP contribution is 2.29. The first kappa shape index (κ1) is 15.6. The summed E-state index contributed by atoms with van der Waals surface area (Å²) in [5.74, 6) is -1.50. The Kier molecular flexibility index (Phi) is 6.89. The fraction of sp³-hybridized carbons (Fsp3) is 1.00. The molecule has 0 radical (unpaired) electrons. The van der Waals surface area contributed by atoms with Crippen LogP contribution in [-0.4, -0.2) is 50.9 Å². The minimum Gasteiger partial charge on any atom is -0.330 e. The van der Waals surface area contributed by atoms with E-state index in [1.165, 1.54) is 14.0 Å². The van der Waals surface area contributed by atoms with Crippen LogP contribution in [0.15, 0.2) is 0 Å². The van der Waals surface area contributed by atoms with E-state index in [-0.39, 0.29) is 0 Å². The van der Waals surface area contributed by atoms with Gasteiger partial charge in [0.05, 0.1) is 13.0 Å². The number of hydrogen-bond acceptors (Lipinski definition) is 4. The second kappa shape index (κ2) is 7.05. The standard InChI is InChI=1S/C9H20F3N3O/c1-7(8(6-13)9(10,11)12)15(2)5-4-14-16-3/h7-8,14H,4-6,13H2,1-3H3/t7?,8-/m0/s1. The summed E-state index contributed by atoms with van der Waals surface area (Å²) >= 11 is 0. The van der Waals surface area contributed by atoms with Gasteiger partial charge in [-0.3, -0.25) is 0 Å². The summed E-state index contributed by atoms with van der Waals surface area (Å²) in [5.41, 5.74) is 7.74. The maximum atomic E-state index is 12.6. The van der Waals surface area contributed by atoms with Crippen LogP contribution in [0.2, 0.25) is 0 Å². The van der Waals surface area contributed by atoms with E-state index in [1.54, 1.807) is 11.9 Å². The lowest BCUT2D eigenvalue weighted by atomic mass is 10.00. The molecule has 4 nitrogen and oxygen atoms in total. The summed E-state index contributed by atoms with van der Waals surface area (Å²) in [6, 6.07) is -0.649. The van der Waals surface area contributed by atoms with Crippen LogP contribution in [0, 0.1) is 5.92 Å². The highest BCUT2D eigenvalue weighted by Gasteiger charge is 2.43. The topological polar surface area (TPSA) is 50.5 Å². The molecular weight excluding hydrogens is 223 g/mol. The normalized spacial score (nSPS) is 16.5. The van der Waals surface area contributed by atoms with Gasteiger partial charge < -0.3 is 15.5 Å². The van der Waals surface area contributed by atoms with Gasteiger partial charge in [0.1, 0.15) is 0 Å². The molecule has 1 unspecified atom stereocenters. The molecule has 0 saturated carbocycles. The van der Waals surface area contributed by atoms with Crippen molar-refractivity contribution < 1.29 is 18.0 Å². The smallest absolute Gasteiger partial charge is 0.330 e. The number of alkyl halides is 3. The van der Waals surface area contributed by atoms with Gasteiger partial charge in [-0.05, 0) is 14.0 Å². The van der Waals surface area contributed by atoms with Crippen LogP contribution in [0.25, 0.3) is 0 Å². The maximum Gasteiger partial charge on any atom is 0.394 e. The quantitative estimate of drug-likeness (QED) is 0.508. The van der Waals surface area contributed by atoms with Crippen LogP contribution in [0.1, 0.15) is 6.92 Å². The number of nitrogens with one attached hydrogen (secondary N) is 1. The van der Waals surface area contributed by atoms with Gasteiger partial charge in [0.25, 0.3) is 0 Å². The molecule has 0 heterocycles. The molecule has 0 fully saturated rings. The molecule has 0 aliphatic carbocycles. The van der Waals surface area contributed by atoms with Crippen LogP contribution in [0.4, 0.5) is 13.2 Å². The van der Waals surface area contributed by atoms with E-state index in [0.29, 0.717) is 13.1 Å². The third-order valence-electron chi connectivity index (χ3n) is 2.66. The SMILES string of the molecule is CONCCN(C)C(C)[C@H](CN)C(F)(F)F. The van der Waals surface area contributed by atoms with Crippen molar-refractivity contribution in [3.8, 4) is 0 Å². The van der Waals surface area contributed by atoms with Crippen molar-refractivity contribution in [1.82, 2.24) is 10.4 Å². The lowest BCUT2D eigenvalue weighted by Crippen LogP contribution is -2.47. The number of hydroxylamine groups is 1. The van der Waals surface area contributed by atoms with E-state index in [0.717, 1.165) is 0 Å². The number of rotatable bonds is 7. The van der Waals surface area contributed by atoms with Gasteiger partial charge in [-0.1, -0.05) is 0 Å². The Bertz CT molecular complexity index is 189. The molecule has 0 aromatic heterocycles. The highest BCUT2D eigenvalue weighted by atomic mass is 19.4. The van der Waals surface area contributed by atoms with Gasteiger partial charge in [0.15, 0.2) is 0 Å². The average molecular weight is 243 g/mol. The van der Waals surface area contributed by atoms with Gasteiger partial charge in [-0.25, -0.2) is 5.48 Å². The second-order valence-electron chi connectivity index (χ2n) is 3.70. The zero-order valence-corrected chi connectivity index (χ0v) is 9.84. The highest BCUT2D eigenvalue weighted by molar-refractivity contribution is 4.80. The molecule has 98 valence electrons. The first-order valence-electron chi connectivity index (χ1n) is 5.07. The fourth-order valence-corrected chi connectivity index (χ4v) is 1.44. The zero-order chi connectivity index (χ0) is 12.8. The van der Waals surface area contributed by atoms with Gasteiger partial charge in [-0.15, -0.1) is 0 Å². The van der Waals surface area contributed by atoms with E-state index in [9.17, 15) is 13.2 Å². The molecule has 2 atom stereocenters. The molecule has 0 rings (SSSR count). The molecule has 16 heavy (non-hydrogen) atoms.